The van der Waals surface area contributed by atoms with Gasteiger partial charge in [-0.3, -0.25) is 0 Å². The predicted molar refractivity (Wildman–Crippen MR) is 60.6 cm³/mol. The summed E-state index contributed by atoms with van der Waals surface area (Å²) >= 11 is 1.83. The summed E-state index contributed by atoms with van der Waals surface area (Å²) in [6.45, 7) is 4.21. The number of aromatic nitrogens is 1. The van der Waals surface area contributed by atoms with Crippen LogP contribution in [-0.2, 0) is 18.4 Å². The van der Waals surface area contributed by atoms with Gasteiger partial charge in [0.15, 0.2) is 0 Å². The van der Waals surface area contributed by atoms with Crippen LogP contribution in [0, 0.1) is 0 Å². The van der Waals surface area contributed by atoms with E-state index in [1.165, 1.54) is 29.8 Å². The summed E-state index contributed by atoms with van der Waals surface area (Å²) in [4.78, 5) is 6.17. The molecule has 0 bridgehead atoms. The SMILES string of the molecule is CCC(C)(N)c1nc2c(s1)CCCC2. The molecule has 3 heteroatoms. The molecule has 0 fully saturated rings. The first-order chi connectivity index (χ1) is 6.63. The van der Waals surface area contributed by atoms with E-state index in [1.807, 2.05) is 11.3 Å². The van der Waals surface area contributed by atoms with Gasteiger partial charge in [0, 0.05) is 4.88 Å². The number of aryl methyl sites for hydroxylation is 2. The zero-order chi connectivity index (χ0) is 10.2. The molecule has 0 saturated carbocycles. The van der Waals surface area contributed by atoms with Gasteiger partial charge in [0.05, 0.1) is 11.2 Å². The third kappa shape index (κ3) is 1.71. The lowest BCUT2D eigenvalue weighted by molar-refractivity contribution is 0.472. The van der Waals surface area contributed by atoms with E-state index >= 15 is 0 Å². The summed E-state index contributed by atoms with van der Waals surface area (Å²) < 4.78 is 0. The van der Waals surface area contributed by atoms with Crippen LogP contribution in [0.25, 0.3) is 0 Å². The number of nitrogens with two attached hydrogens (primary N) is 1. The van der Waals surface area contributed by atoms with Gasteiger partial charge in [-0.1, -0.05) is 6.92 Å². The van der Waals surface area contributed by atoms with Crippen molar-refractivity contribution >= 4 is 11.3 Å². The van der Waals surface area contributed by atoms with Crippen molar-refractivity contribution in [3.05, 3.63) is 15.6 Å². The molecule has 1 unspecified atom stereocenters. The van der Waals surface area contributed by atoms with Gasteiger partial charge in [0.25, 0.3) is 0 Å². The van der Waals surface area contributed by atoms with E-state index in [0.717, 1.165) is 17.8 Å². The highest BCUT2D eigenvalue weighted by atomic mass is 32.1. The van der Waals surface area contributed by atoms with E-state index in [9.17, 15) is 0 Å². The third-order valence-corrected chi connectivity index (χ3v) is 4.51. The number of nitrogens with zero attached hydrogens (tertiary/aromatic N) is 1. The maximum atomic E-state index is 6.20. The summed E-state index contributed by atoms with van der Waals surface area (Å²) in [6.07, 6.45) is 5.95. The molecule has 0 amide bonds. The Morgan fingerprint density at radius 2 is 2.14 bits per heavy atom. The van der Waals surface area contributed by atoms with E-state index in [1.54, 1.807) is 0 Å². The Kier molecular flexibility index (Phi) is 2.62. The maximum Gasteiger partial charge on any atom is 0.113 e. The summed E-state index contributed by atoms with van der Waals surface area (Å²) in [5.74, 6) is 0. The van der Waals surface area contributed by atoms with Crippen LogP contribution in [0.15, 0.2) is 0 Å². The van der Waals surface area contributed by atoms with E-state index in [-0.39, 0.29) is 5.54 Å². The molecule has 1 heterocycles. The molecule has 0 saturated heterocycles. The second-order valence-electron chi connectivity index (χ2n) is 4.37. The minimum atomic E-state index is -0.220. The first-order valence-electron chi connectivity index (χ1n) is 5.41. The number of hydrogen-bond acceptors (Lipinski definition) is 3. The molecule has 0 aliphatic heterocycles. The average Bonchev–Trinajstić information content (AvgIpc) is 2.61. The van der Waals surface area contributed by atoms with Crippen molar-refractivity contribution in [2.45, 2.75) is 51.5 Å². The van der Waals surface area contributed by atoms with Gasteiger partial charge < -0.3 is 5.73 Å². The van der Waals surface area contributed by atoms with Gasteiger partial charge in [-0.05, 0) is 39.0 Å². The van der Waals surface area contributed by atoms with Gasteiger partial charge in [-0.15, -0.1) is 11.3 Å². The lowest BCUT2D eigenvalue weighted by Crippen LogP contribution is -2.31. The Balaban J connectivity index is 2.32. The van der Waals surface area contributed by atoms with Gasteiger partial charge in [-0.2, -0.15) is 0 Å². The molecule has 2 nitrogen and oxygen atoms in total. The van der Waals surface area contributed by atoms with Crippen molar-refractivity contribution in [2.75, 3.05) is 0 Å². The van der Waals surface area contributed by atoms with Gasteiger partial charge in [-0.25, -0.2) is 4.98 Å². The van der Waals surface area contributed by atoms with E-state index in [4.69, 9.17) is 5.73 Å². The molecule has 1 aromatic rings. The van der Waals surface area contributed by atoms with E-state index in [2.05, 4.69) is 18.8 Å². The maximum absolute atomic E-state index is 6.20. The number of rotatable bonds is 2. The Labute approximate surface area is 89.5 Å². The Morgan fingerprint density at radius 3 is 2.79 bits per heavy atom. The minimum Gasteiger partial charge on any atom is -0.320 e. The van der Waals surface area contributed by atoms with Crippen LogP contribution >= 0.6 is 11.3 Å². The van der Waals surface area contributed by atoms with Crippen molar-refractivity contribution < 1.29 is 0 Å². The summed E-state index contributed by atoms with van der Waals surface area (Å²) in [5, 5.41) is 1.13. The monoisotopic (exact) mass is 210 g/mol. The first kappa shape index (κ1) is 10.1. The van der Waals surface area contributed by atoms with Crippen LogP contribution in [0.5, 0.6) is 0 Å². The van der Waals surface area contributed by atoms with Crippen molar-refractivity contribution in [2.24, 2.45) is 5.73 Å². The van der Waals surface area contributed by atoms with Crippen molar-refractivity contribution in [1.29, 1.82) is 0 Å². The largest absolute Gasteiger partial charge is 0.320 e. The van der Waals surface area contributed by atoms with Crippen LogP contribution in [-0.4, -0.2) is 4.98 Å². The standard InChI is InChI=1S/C11H18N2S/c1-3-11(2,12)10-13-8-6-4-5-7-9(8)14-10/h3-7,12H2,1-2H3. The quantitative estimate of drug-likeness (QED) is 0.815. The highest BCUT2D eigenvalue weighted by Gasteiger charge is 2.25. The molecule has 1 aromatic heterocycles. The Morgan fingerprint density at radius 1 is 1.43 bits per heavy atom. The summed E-state index contributed by atoms with van der Waals surface area (Å²) in [6, 6.07) is 0. The molecule has 2 rings (SSSR count). The van der Waals surface area contributed by atoms with Crippen molar-refractivity contribution in [3.8, 4) is 0 Å². The van der Waals surface area contributed by atoms with Crippen LogP contribution in [0.2, 0.25) is 0 Å². The zero-order valence-electron chi connectivity index (χ0n) is 8.97. The fraction of sp³-hybridized carbons (Fsp3) is 0.727. The highest BCUT2D eigenvalue weighted by molar-refractivity contribution is 7.11. The van der Waals surface area contributed by atoms with Crippen LogP contribution < -0.4 is 5.73 Å². The smallest absolute Gasteiger partial charge is 0.113 e. The molecule has 78 valence electrons. The molecule has 2 N–H and O–H groups in total. The second-order valence-corrected chi connectivity index (χ2v) is 5.45. The van der Waals surface area contributed by atoms with Crippen LogP contribution in [0.3, 0.4) is 0 Å². The topological polar surface area (TPSA) is 38.9 Å². The van der Waals surface area contributed by atoms with Crippen molar-refractivity contribution in [3.63, 3.8) is 0 Å². The average molecular weight is 210 g/mol. The molecule has 1 aliphatic carbocycles. The van der Waals surface area contributed by atoms with Crippen molar-refractivity contribution in [1.82, 2.24) is 4.98 Å². The van der Waals surface area contributed by atoms with E-state index in [0.29, 0.717) is 0 Å². The van der Waals surface area contributed by atoms with Crippen LogP contribution in [0.1, 0.15) is 48.7 Å². The summed E-state index contributed by atoms with van der Waals surface area (Å²) in [7, 11) is 0. The second kappa shape index (κ2) is 3.63. The van der Waals surface area contributed by atoms with Gasteiger partial charge in [0.1, 0.15) is 5.01 Å². The fourth-order valence-corrected chi connectivity index (χ4v) is 3.03. The molecule has 0 radical (unpaired) electrons. The highest BCUT2D eigenvalue weighted by Crippen LogP contribution is 2.32. The molecule has 1 atom stereocenters. The predicted octanol–water partition coefficient (Wildman–Crippen LogP) is 2.61. The number of thiazole rings is 1. The molecule has 0 aromatic carbocycles. The number of fused-ring (bicyclic) bond motifs is 1. The lowest BCUT2D eigenvalue weighted by Gasteiger charge is -2.18. The zero-order valence-corrected chi connectivity index (χ0v) is 9.78. The Hall–Kier alpha value is -0.410. The third-order valence-electron chi connectivity index (χ3n) is 3.07. The summed E-state index contributed by atoms with van der Waals surface area (Å²) in [5.41, 5.74) is 7.30. The first-order valence-corrected chi connectivity index (χ1v) is 6.23. The van der Waals surface area contributed by atoms with Crippen LogP contribution in [0.4, 0.5) is 0 Å². The van der Waals surface area contributed by atoms with Gasteiger partial charge >= 0.3 is 0 Å². The molecule has 0 spiro atoms. The fourth-order valence-electron chi connectivity index (χ4n) is 1.75. The molecule has 1 aliphatic rings. The van der Waals surface area contributed by atoms with E-state index < -0.39 is 0 Å². The molecular weight excluding hydrogens is 192 g/mol. The number of hydrogen-bond donors (Lipinski definition) is 1. The minimum absolute atomic E-state index is 0.220. The molecule has 14 heavy (non-hydrogen) atoms. The lowest BCUT2D eigenvalue weighted by atomic mass is 10.0. The van der Waals surface area contributed by atoms with Gasteiger partial charge in [0.2, 0.25) is 0 Å². The molecular formula is C11H18N2S. The Bertz CT molecular complexity index is 305. The normalized spacial score (nSPS) is 20.2.